The molecular formula is C17H14Cl2N2S. The monoisotopic (exact) mass is 348 g/mol. The van der Waals surface area contributed by atoms with E-state index < -0.39 is 0 Å². The van der Waals surface area contributed by atoms with Gasteiger partial charge in [-0.2, -0.15) is 0 Å². The van der Waals surface area contributed by atoms with Crippen molar-refractivity contribution in [3.63, 3.8) is 0 Å². The van der Waals surface area contributed by atoms with Crippen LogP contribution in [0.15, 0.2) is 70.7 Å². The highest BCUT2D eigenvalue weighted by atomic mass is 35.5. The molecule has 2 aromatic rings. The van der Waals surface area contributed by atoms with E-state index in [9.17, 15) is 0 Å². The molecule has 2 aliphatic heterocycles. The number of hydrogen-bond donors (Lipinski definition) is 0. The van der Waals surface area contributed by atoms with E-state index >= 15 is 0 Å². The molecule has 1 atom stereocenters. The van der Waals surface area contributed by atoms with Gasteiger partial charge in [0.2, 0.25) is 0 Å². The predicted molar refractivity (Wildman–Crippen MR) is 97.3 cm³/mol. The van der Waals surface area contributed by atoms with Gasteiger partial charge >= 0.3 is 0 Å². The number of hydrogen-bond acceptors (Lipinski definition) is 3. The molecular weight excluding hydrogens is 335 g/mol. The lowest BCUT2D eigenvalue weighted by Gasteiger charge is -2.35. The summed E-state index contributed by atoms with van der Waals surface area (Å²) in [5.41, 5.74) is 4.65. The van der Waals surface area contributed by atoms with Crippen LogP contribution in [0.1, 0.15) is 17.2 Å². The maximum absolute atomic E-state index is 6.13. The molecule has 2 aliphatic rings. The lowest BCUT2D eigenvalue weighted by atomic mass is 9.94. The van der Waals surface area contributed by atoms with Gasteiger partial charge in [0.25, 0.3) is 0 Å². The number of thioether (sulfide) groups is 1. The Bertz CT molecular complexity index is 743. The molecule has 1 unspecified atom stereocenters. The van der Waals surface area contributed by atoms with Crippen molar-refractivity contribution in [1.29, 1.82) is 0 Å². The van der Waals surface area contributed by atoms with E-state index in [-0.39, 0.29) is 18.4 Å². The third kappa shape index (κ3) is 2.43. The van der Waals surface area contributed by atoms with E-state index in [4.69, 9.17) is 16.6 Å². The molecule has 0 aliphatic carbocycles. The molecule has 0 spiro atoms. The van der Waals surface area contributed by atoms with Gasteiger partial charge in [-0.15, -0.1) is 24.0 Å². The molecule has 0 saturated heterocycles. The van der Waals surface area contributed by atoms with Crippen LogP contribution in [0.25, 0.3) is 0 Å². The van der Waals surface area contributed by atoms with E-state index in [0.717, 1.165) is 16.6 Å². The fourth-order valence-electron chi connectivity index (χ4n) is 2.84. The van der Waals surface area contributed by atoms with Gasteiger partial charge in [0.1, 0.15) is 0 Å². The highest BCUT2D eigenvalue weighted by molar-refractivity contribution is 8.16. The van der Waals surface area contributed by atoms with Gasteiger partial charge in [-0.3, -0.25) is 0 Å². The van der Waals surface area contributed by atoms with Crippen molar-refractivity contribution < 1.29 is 0 Å². The molecule has 0 saturated carbocycles. The lowest BCUT2D eigenvalue weighted by Crippen LogP contribution is -2.33. The number of benzene rings is 2. The number of alkyl halides is 1. The summed E-state index contributed by atoms with van der Waals surface area (Å²) in [6.45, 7) is 0. The Balaban J connectivity index is 0.00000144. The number of halogens is 2. The second-order valence-electron chi connectivity index (χ2n) is 5.00. The molecule has 0 amide bonds. The molecule has 0 bridgehead atoms. The highest BCUT2D eigenvalue weighted by Gasteiger charge is 2.35. The van der Waals surface area contributed by atoms with E-state index in [0.29, 0.717) is 5.88 Å². The average Bonchev–Trinajstić information content (AvgIpc) is 2.96. The molecule has 112 valence electrons. The van der Waals surface area contributed by atoms with Crippen LogP contribution in [0, 0.1) is 0 Å². The number of aliphatic imine (C=N–C) groups is 1. The first-order valence-electron chi connectivity index (χ1n) is 6.82. The van der Waals surface area contributed by atoms with Crippen LogP contribution in [0.4, 0.5) is 5.69 Å². The standard InChI is InChI=1S/C17H13ClN2S.ClH/c18-10-13-11-21-17-19-15-9-5-4-8-14(15)16(20(13)17)12-6-2-1-3-7-12;/h1-9,11,16H,10H2;1H. The van der Waals surface area contributed by atoms with Crippen molar-refractivity contribution in [2.45, 2.75) is 6.04 Å². The Morgan fingerprint density at radius 1 is 1.05 bits per heavy atom. The Labute approximate surface area is 145 Å². The lowest BCUT2D eigenvalue weighted by molar-refractivity contribution is 0.444. The van der Waals surface area contributed by atoms with Gasteiger partial charge in [-0.05, 0) is 17.0 Å². The summed E-state index contributed by atoms with van der Waals surface area (Å²) in [4.78, 5) is 7.04. The van der Waals surface area contributed by atoms with Crippen molar-refractivity contribution >= 4 is 46.6 Å². The Morgan fingerprint density at radius 2 is 1.77 bits per heavy atom. The van der Waals surface area contributed by atoms with Gasteiger partial charge in [0.05, 0.1) is 17.6 Å². The van der Waals surface area contributed by atoms with Crippen LogP contribution >= 0.6 is 35.8 Å². The van der Waals surface area contributed by atoms with Crippen LogP contribution in [0.3, 0.4) is 0 Å². The van der Waals surface area contributed by atoms with Gasteiger partial charge in [-0.1, -0.05) is 60.3 Å². The van der Waals surface area contributed by atoms with E-state index in [1.54, 1.807) is 11.8 Å². The second kappa shape index (κ2) is 6.37. The summed E-state index contributed by atoms with van der Waals surface area (Å²) >= 11 is 7.78. The third-order valence-corrected chi connectivity index (χ3v) is 4.94. The van der Waals surface area contributed by atoms with Gasteiger partial charge < -0.3 is 4.90 Å². The first-order valence-corrected chi connectivity index (χ1v) is 8.23. The summed E-state index contributed by atoms with van der Waals surface area (Å²) in [5.74, 6) is 0.498. The quantitative estimate of drug-likeness (QED) is 0.681. The van der Waals surface area contributed by atoms with Crippen molar-refractivity contribution in [3.05, 3.63) is 76.8 Å². The summed E-state index contributed by atoms with van der Waals surface area (Å²) < 4.78 is 0. The zero-order chi connectivity index (χ0) is 14.2. The maximum atomic E-state index is 6.13. The van der Waals surface area contributed by atoms with Gasteiger partial charge in [-0.25, -0.2) is 4.99 Å². The van der Waals surface area contributed by atoms with Crippen molar-refractivity contribution in [1.82, 2.24) is 4.90 Å². The Kier molecular flexibility index (Phi) is 4.48. The average molecular weight is 349 g/mol. The molecule has 2 aromatic carbocycles. The maximum Gasteiger partial charge on any atom is 0.173 e. The largest absolute Gasteiger partial charge is 0.311 e. The molecule has 2 nitrogen and oxygen atoms in total. The first kappa shape index (κ1) is 15.5. The number of para-hydroxylation sites is 1. The third-order valence-electron chi connectivity index (χ3n) is 3.77. The highest BCUT2D eigenvalue weighted by Crippen LogP contribution is 2.46. The number of fused-ring (bicyclic) bond motifs is 2. The van der Waals surface area contributed by atoms with Crippen LogP contribution in [0.5, 0.6) is 0 Å². The van der Waals surface area contributed by atoms with Gasteiger partial charge in [0.15, 0.2) is 5.17 Å². The van der Waals surface area contributed by atoms with Gasteiger partial charge in [0, 0.05) is 11.3 Å². The Hall–Kier alpha value is -1.42. The van der Waals surface area contributed by atoms with Crippen LogP contribution in [0.2, 0.25) is 0 Å². The van der Waals surface area contributed by atoms with E-state index in [1.807, 2.05) is 12.1 Å². The summed E-state index contributed by atoms with van der Waals surface area (Å²) in [5, 5.41) is 3.12. The van der Waals surface area contributed by atoms with E-state index in [1.165, 1.54) is 11.1 Å². The second-order valence-corrected chi connectivity index (χ2v) is 6.10. The topological polar surface area (TPSA) is 15.6 Å². The molecule has 0 aromatic heterocycles. The summed E-state index contributed by atoms with van der Waals surface area (Å²) in [7, 11) is 0. The normalized spacial score (nSPS) is 18.8. The minimum Gasteiger partial charge on any atom is -0.311 e. The summed E-state index contributed by atoms with van der Waals surface area (Å²) in [6.07, 6.45) is 0. The number of amidine groups is 1. The summed E-state index contributed by atoms with van der Waals surface area (Å²) in [6, 6.07) is 19.0. The zero-order valence-electron chi connectivity index (χ0n) is 11.6. The van der Waals surface area contributed by atoms with Crippen molar-refractivity contribution in [3.8, 4) is 0 Å². The minimum atomic E-state index is 0. The van der Waals surface area contributed by atoms with Crippen LogP contribution in [-0.2, 0) is 0 Å². The SMILES string of the molecule is Cl.ClCC1=CSC2=Nc3ccccc3C(c3ccccc3)N12. The number of allylic oxidation sites excluding steroid dienone is 1. The predicted octanol–water partition coefficient (Wildman–Crippen LogP) is 5.33. The van der Waals surface area contributed by atoms with Crippen molar-refractivity contribution in [2.24, 2.45) is 4.99 Å². The number of nitrogens with zero attached hydrogens (tertiary/aromatic N) is 2. The van der Waals surface area contributed by atoms with Crippen molar-refractivity contribution in [2.75, 3.05) is 5.88 Å². The molecule has 22 heavy (non-hydrogen) atoms. The van der Waals surface area contributed by atoms with Crippen LogP contribution in [-0.4, -0.2) is 15.9 Å². The molecule has 0 N–H and O–H groups in total. The molecule has 0 radical (unpaired) electrons. The fourth-order valence-corrected chi connectivity index (χ4v) is 4.06. The zero-order valence-corrected chi connectivity index (χ0v) is 14.0. The van der Waals surface area contributed by atoms with Crippen LogP contribution < -0.4 is 0 Å². The van der Waals surface area contributed by atoms with E-state index in [2.05, 4.69) is 52.8 Å². The molecule has 4 rings (SSSR count). The first-order chi connectivity index (χ1) is 10.4. The Morgan fingerprint density at radius 3 is 2.55 bits per heavy atom. The number of rotatable bonds is 2. The smallest absolute Gasteiger partial charge is 0.173 e. The molecule has 0 fully saturated rings. The molecule has 2 heterocycles. The minimum absolute atomic E-state index is 0. The molecule has 5 heteroatoms. The fraction of sp³-hybridized carbons (Fsp3) is 0.118.